The predicted octanol–water partition coefficient (Wildman–Crippen LogP) is 3.29. The van der Waals surface area contributed by atoms with Gasteiger partial charge in [-0.2, -0.15) is 0 Å². The minimum atomic E-state index is -3.78. The SMILES string of the molecule is Cc1nc(NS(=O)(=O)c2ccc(Cl)cc2)sc1C(=O)NCC(C)C. The number of carbonyl (C=O) groups excluding carboxylic acids is 1. The van der Waals surface area contributed by atoms with Crippen LogP contribution in [-0.4, -0.2) is 25.9 Å². The summed E-state index contributed by atoms with van der Waals surface area (Å²) in [5, 5.41) is 3.39. The molecule has 130 valence electrons. The molecular weight excluding hydrogens is 370 g/mol. The van der Waals surface area contributed by atoms with Gasteiger partial charge in [-0.15, -0.1) is 0 Å². The summed E-state index contributed by atoms with van der Waals surface area (Å²) in [6.45, 7) is 6.19. The number of aromatic nitrogens is 1. The number of nitrogens with one attached hydrogen (secondary N) is 2. The van der Waals surface area contributed by atoms with Gasteiger partial charge < -0.3 is 5.32 Å². The van der Waals surface area contributed by atoms with Crippen molar-refractivity contribution >= 4 is 44.0 Å². The molecule has 0 saturated carbocycles. The standard InChI is InChI=1S/C15H18ClN3O3S2/c1-9(2)8-17-14(20)13-10(3)18-15(23-13)19-24(21,22)12-6-4-11(16)5-7-12/h4-7,9H,8H2,1-3H3,(H,17,20)(H,18,19). The van der Waals surface area contributed by atoms with Crippen molar-refractivity contribution < 1.29 is 13.2 Å². The summed E-state index contributed by atoms with van der Waals surface area (Å²) in [5.41, 5.74) is 0.482. The first-order chi connectivity index (χ1) is 11.2. The van der Waals surface area contributed by atoms with Crippen LogP contribution in [0.15, 0.2) is 29.2 Å². The molecule has 0 saturated heterocycles. The Morgan fingerprint density at radius 2 is 1.92 bits per heavy atom. The zero-order valence-electron chi connectivity index (χ0n) is 13.5. The molecule has 0 aliphatic carbocycles. The Labute approximate surface area is 150 Å². The van der Waals surface area contributed by atoms with Crippen LogP contribution in [0.3, 0.4) is 0 Å². The molecule has 0 radical (unpaired) electrons. The summed E-state index contributed by atoms with van der Waals surface area (Å²) in [5.74, 6) is 0.0701. The Bertz CT molecular complexity index is 830. The lowest BCUT2D eigenvalue weighted by Gasteiger charge is -2.06. The van der Waals surface area contributed by atoms with Crippen LogP contribution < -0.4 is 10.0 Å². The molecule has 0 aliphatic rings. The van der Waals surface area contributed by atoms with Crippen molar-refractivity contribution in [2.45, 2.75) is 25.7 Å². The lowest BCUT2D eigenvalue weighted by atomic mass is 10.2. The molecule has 2 N–H and O–H groups in total. The third-order valence-electron chi connectivity index (χ3n) is 3.02. The van der Waals surface area contributed by atoms with Gasteiger partial charge >= 0.3 is 0 Å². The average Bonchev–Trinajstić information content (AvgIpc) is 2.85. The monoisotopic (exact) mass is 387 g/mol. The van der Waals surface area contributed by atoms with Crippen LogP contribution in [0.4, 0.5) is 5.13 Å². The molecule has 0 atom stereocenters. The molecule has 2 aromatic rings. The van der Waals surface area contributed by atoms with E-state index in [0.29, 0.717) is 28.1 Å². The van der Waals surface area contributed by atoms with E-state index in [2.05, 4.69) is 15.0 Å². The highest BCUT2D eigenvalue weighted by Crippen LogP contribution is 2.25. The lowest BCUT2D eigenvalue weighted by molar-refractivity contribution is 0.0952. The number of amides is 1. The van der Waals surface area contributed by atoms with Crippen LogP contribution in [0, 0.1) is 12.8 Å². The summed E-state index contributed by atoms with van der Waals surface area (Å²) >= 11 is 6.77. The van der Waals surface area contributed by atoms with Gasteiger partial charge in [-0.1, -0.05) is 36.8 Å². The second-order valence-corrected chi connectivity index (χ2v) is 8.71. The van der Waals surface area contributed by atoms with Crippen LogP contribution in [-0.2, 0) is 10.0 Å². The number of sulfonamides is 1. The lowest BCUT2D eigenvalue weighted by Crippen LogP contribution is -2.27. The highest BCUT2D eigenvalue weighted by Gasteiger charge is 2.20. The Morgan fingerprint density at radius 3 is 2.50 bits per heavy atom. The number of aryl methyl sites for hydroxylation is 1. The van der Waals surface area contributed by atoms with Gasteiger partial charge in [-0.3, -0.25) is 9.52 Å². The molecule has 0 spiro atoms. The van der Waals surface area contributed by atoms with E-state index in [4.69, 9.17) is 11.6 Å². The van der Waals surface area contributed by atoms with Crippen molar-refractivity contribution in [1.29, 1.82) is 0 Å². The Hall–Kier alpha value is -1.64. The first-order valence-corrected chi connectivity index (χ1v) is 9.91. The van der Waals surface area contributed by atoms with E-state index >= 15 is 0 Å². The Balaban J connectivity index is 2.17. The topological polar surface area (TPSA) is 88.2 Å². The molecule has 0 bridgehead atoms. The minimum Gasteiger partial charge on any atom is -0.351 e. The maximum absolute atomic E-state index is 12.3. The van der Waals surface area contributed by atoms with Gasteiger partial charge in [0.25, 0.3) is 15.9 Å². The number of thiazole rings is 1. The van der Waals surface area contributed by atoms with E-state index in [9.17, 15) is 13.2 Å². The number of rotatable bonds is 6. The fourth-order valence-corrected chi connectivity index (χ4v) is 4.06. The Kier molecular flexibility index (Phi) is 5.84. The normalized spacial score (nSPS) is 11.5. The maximum Gasteiger partial charge on any atom is 0.263 e. The maximum atomic E-state index is 12.3. The number of carbonyl (C=O) groups is 1. The van der Waals surface area contributed by atoms with Gasteiger partial charge in [-0.25, -0.2) is 13.4 Å². The second kappa shape index (κ2) is 7.50. The molecule has 0 unspecified atom stereocenters. The number of anilines is 1. The fourth-order valence-electron chi connectivity index (χ4n) is 1.82. The number of hydrogen-bond donors (Lipinski definition) is 2. The molecule has 6 nitrogen and oxygen atoms in total. The van der Waals surface area contributed by atoms with Crippen LogP contribution in [0.25, 0.3) is 0 Å². The summed E-state index contributed by atoms with van der Waals surface area (Å²) in [6.07, 6.45) is 0. The molecule has 1 amide bonds. The number of hydrogen-bond acceptors (Lipinski definition) is 5. The smallest absolute Gasteiger partial charge is 0.263 e. The minimum absolute atomic E-state index is 0.0746. The van der Waals surface area contributed by atoms with Crippen molar-refractivity contribution in [2.24, 2.45) is 5.92 Å². The van der Waals surface area contributed by atoms with Crippen LogP contribution in [0.5, 0.6) is 0 Å². The van der Waals surface area contributed by atoms with Crippen LogP contribution in [0.1, 0.15) is 29.2 Å². The van der Waals surface area contributed by atoms with Crippen molar-refractivity contribution in [1.82, 2.24) is 10.3 Å². The third-order valence-corrected chi connectivity index (χ3v) is 5.83. The molecule has 24 heavy (non-hydrogen) atoms. The van der Waals surface area contributed by atoms with Gasteiger partial charge in [-0.05, 0) is 37.1 Å². The largest absolute Gasteiger partial charge is 0.351 e. The van der Waals surface area contributed by atoms with E-state index in [1.807, 2.05) is 13.8 Å². The molecule has 1 heterocycles. The second-order valence-electron chi connectivity index (χ2n) is 5.60. The van der Waals surface area contributed by atoms with E-state index < -0.39 is 10.0 Å². The number of halogens is 1. The first kappa shape index (κ1) is 18.7. The average molecular weight is 388 g/mol. The quantitative estimate of drug-likeness (QED) is 0.795. The molecular formula is C15H18ClN3O3S2. The van der Waals surface area contributed by atoms with E-state index in [-0.39, 0.29) is 15.9 Å². The van der Waals surface area contributed by atoms with Crippen LogP contribution >= 0.6 is 22.9 Å². The molecule has 2 rings (SSSR count). The van der Waals surface area contributed by atoms with Gasteiger partial charge in [0.1, 0.15) is 4.88 Å². The number of nitrogens with zero attached hydrogens (tertiary/aromatic N) is 1. The Morgan fingerprint density at radius 1 is 1.29 bits per heavy atom. The van der Waals surface area contributed by atoms with Gasteiger partial charge in [0.2, 0.25) is 0 Å². The zero-order valence-corrected chi connectivity index (χ0v) is 15.8. The summed E-state index contributed by atoms with van der Waals surface area (Å²) < 4.78 is 27.1. The van der Waals surface area contributed by atoms with Crippen LogP contribution in [0.2, 0.25) is 5.02 Å². The molecule has 1 aromatic heterocycles. The van der Waals surface area contributed by atoms with Crippen molar-refractivity contribution in [3.63, 3.8) is 0 Å². The van der Waals surface area contributed by atoms with E-state index in [1.54, 1.807) is 6.92 Å². The molecule has 9 heteroatoms. The summed E-state index contributed by atoms with van der Waals surface area (Å²) in [6, 6.07) is 5.80. The highest BCUT2D eigenvalue weighted by atomic mass is 35.5. The van der Waals surface area contributed by atoms with Gasteiger partial charge in [0.05, 0.1) is 10.6 Å². The highest BCUT2D eigenvalue weighted by molar-refractivity contribution is 7.93. The summed E-state index contributed by atoms with van der Waals surface area (Å²) in [4.78, 5) is 16.7. The number of benzene rings is 1. The van der Waals surface area contributed by atoms with Crippen molar-refractivity contribution in [2.75, 3.05) is 11.3 Å². The van der Waals surface area contributed by atoms with E-state index in [1.165, 1.54) is 24.3 Å². The van der Waals surface area contributed by atoms with Gasteiger partial charge in [0, 0.05) is 11.6 Å². The molecule has 0 fully saturated rings. The zero-order chi connectivity index (χ0) is 17.9. The summed E-state index contributed by atoms with van der Waals surface area (Å²) in [7, 11) is -3.78. The molecule has 1 aromatic carbocycles. The van der Waals surface area contributed by atoms with Gasteiger partial charge in [0.15, 0.2) is 5.13 Å². The predicted molar refractivity (Wildman–Crippen MR) is 96.3 cm³/mol. The molecule has 0 aliphatic heterocycles. The third kappa shape index (κ3) is 4.68. The fraction of sp³-hybridized carbons (Fsp3) is 0.333. The first-order valence-electron chi connectivity index (χ1n) is 7.23. The van der Waals surface area contributed by atoms with Crippen molar-refractivity contribution in [3.8, 4) is 0 Å². The van der Waals surface area contributed by atoms with Crippen molar-refractivity contribution in [3.05, 3.63) is 39.9 Å². The van der Waals surface area contributed by atoms with E-state index in [0.717, 1.165) is 11.3 Å².